The maximum absolute atomic E-state index is 13.6. The predicted octanol–water partition coefficient (Wildman–Crippen LogP) is 3.80. The van der Waals surface area contributed by atoms with Crippen molar-refractivity contribution < 1.29 is 28.3 Å². The monoisotopic (exact) mass is 446 g/mol. The van der Waals surface area contributed by atoms with Crippen LogP contribution >= 0.6 is 0 Å². The summed E-state index contributed by atoms with van der Waals surface area (Å²) in [6, 6.07) is 20.4. The van der Waals surface area contributed by atoms with E-state index < -0.39 is 41.7 Å². The van der Waals surface area contributed by atoms with Gasteiger partial charge in [-0.2, -0.15) is 0 Å². The molecule has 8 heteroatoms. The Labute approximate surface area is 188 Å². The molecule has 3 aromatic carbocycles. The van der Waals surface area contributed by atoms with Crippen molar-refractivity contribution in [3.8, 4) is 5.75 Å². The van der Waals surface area contributed by atoms with Crippen molar-refractivity contribution in [1.29, 1.82) is 0 Å². The number of hydrogen-bond donors (Lipinski definition) is 0. The van der Waals surface area contributed by atoms with E-state index in [1.54, 1.807) is 17.2 Å². The number of esters is 1. The van der Waals surface area contributed by atoms with Gasteiger partial charge >= 0.3 is 5.97 Å². The number of amides is 2. The first-order valence-corrected chi connectivity index (χ1v) is 10.4. The molecule has 7 nitrogen and oxygen atoms in total. The summed E-state index contributed by atoms with van der Waals surface area (Å²) >= 11 is 0. The van der Waals surface area contributed by atoms with E-state index in [1.165, 1.54) is 43.3 Å². The van der Waals surface area contributed by atoms with Crippen LogP contribution < -0.4 is 14.7 Å². The van der Waals surface area contributed by atoms with Gasteiger partial charge in [-0.3, -0.25) is 19.2 Å². The van der Waals surface area contributed by atoms with E-state index in [4.69, 9.17) is 9.57 Å². The van der Waals surface area contributed by atoms with Crippen LogP contribution in [0.4, 0.5) is 15.8 Å². The van der Waals surface area contributed by atoms with Gasteiger partial charge in [0.05, 0.1) is 17.4 Å². The number of nitrogens with zero attached hydrogens (tertiary/aromatic N) is 2. The van der Waals surface area contributed by atoms with Crippen molar-refractivity contribution >= 4 is 29.2 Å². The molecule has 2 amide bonds. The molecule has 0 unspecified atom stereocenters. The van der Waals surface area contributed by atoms with Gasteiger partial charge in [0.25, 0.3) is 5.91 Å². The Hall–Kier alpha value is -4.04. The topological polar surface area (TPSA) is 76.2 Å². The van der Waals surface area contributed by atoms with Crippen LogP contribution in [-0.4, -0.2) is 23.9 Å². The summed E-state index contributed by atoms with van der Waals surface area (Å²) in [6.07, 6.45) is -1.03. The van der Waals surface area contributed by atoms with Crippen LogP contribution in [-0.2, 0) is 19.2 Å². The Morgan fingerprint density at radius 3 is 2.18 bits per heavy atom. The summed E-state index contributed by atoms with van der Waals surface area (Å²) in [5.41, 5.74) is 1.68. The molecule has 0 aromatic heterocycles. The van der Waals surface area contributed by atoms with Crippen LogP contribution in [0.1, 0.15) is 18.5 Å². The normalized spacial score (nSPS) is 21.9. The van der Waals surface area contributed by atoms with Crippen molar-refractivity contribution in [2.75, 3.05) is 9.96 Å². The minimum Gasteiger partial charge on any atom is -0.427 e. The van der Waals surface area contributed by atoms with Gasteiger partial charge in [-0.15, -0.1) is 0 Å². The third-order valence-corrected chi connectivity index (χ3v) is 5.69. The van der Waals surface area contributed by atoms with Gasteiger partial charge in [0.15, 0.2) is 6.10 Å². The molecule has 33 heavy (non-hydrogen) atoms. The molecule has 3 aromatic rings. The van der Waals surface area contributed by atoms with Crippen LogP contribution in [0.2, 0.25) is 0 Å². The molecule has 0 bridgehead atoms. The zero-order valence-corrected chi connectivity index (χ0v) is 17.6. The van der Waals surface area contributed by atoms with Crippen molar-refractivity contribution in [3.05, 3.63) is 90.2 Å². The van der Waals surface area contributed by atoms with Crippen LogP contribution in [0, 0.1) is 11.7 Å². The first kappa shape index (κ1) is 20.8. The number of ether oxygens (including phenoxy) is 1. The Morgan fingerprint density at radius 2 is 1.55 bits per heavy atom. The predicted molar refractivity (Wildman–Crippen MR) is 117 cm³/mol. The number of imide groups is 1. The molecule has 0 aliphatic carbocycles. The lowest BCUT2D eigenvalue weighted by Crippen LogP contribution is -2.37. The maximum atomic E-state index is 13.6. The molecular formula is C25H19FN2O5. The fourth-order valence-electron chi connectivity index (χ4n) is 4.30. The first-order valence-electron chi connectivity index (χ1n) is 10.4. The number of para-hydroxylation sites is 1. The lowest BCUT2D eigenvalue weighted by molar-refractivity contribution is -0.132. The minimum absolute atomic E-state index is 0.307. The summed E-state index contributed by atoms with van der Waals surface area (Å²) in [5, 5.41) is 1.56. The fourth-order valence-corrected chi connectivity index (χ4v) is 4.30. The summed E-state index contributed by atoms with van der Waals surface area (Å²) in [7, 11) is 0. The molecule has 5 rings (SSSR count). The molecule has 0 saturated carbocycles. The van der Waals surface area contributed by atoms with Gasteiger partial charge in [0.2, 0.25) is 5.91 Å². The standard InChI is InChI=1S/C25H19FN2O5/c1-15(29)32-20-13-11-18(12-14-20)27-24(30)21-22(16-7-9-17(26)10-8-16)28(33-23(21)25(27)31)19-5-3-2-4-6-19/h2-14,21-23H,1H3/t21-,22+,23+/m0/s1. The van der Waals surface area contributed by atoms with E-state index in [0.717, 1.165) is 4.90 Å². The number of rotatable bonds is 4. The molecule has 2 saturated heterocycles. The number of hydroxylamine groups is 1. The third-order valence-electron chi connectivity index (χ3n) is 5.69. The van der Waals surface area contributed by atoms with Crippen LogP contribution in [0.25, 0.3) is 0 Å². The molecule has 3 atom stereocenters. The van der Waals surface area contributed by atoms with Gasteiger partial charge in [-0.25, -0.2) is 14.4 Å². The van der Waals surface area contributed by atoms with Crippen molar-refractivity contribution in [1.82, 2.24) is 0 Å². The van der Waals surface area contributed by atoms with E-state index in [1.807, 2.05) is 30.3 Å². The summed E-state index contributed by atoms with van der Waals surface area (Å²) < 4.78 is 18.6. The van der Waals surface area contributed by atoms with Crippen molar-refractivity contribution in [3.63, 3.8) is 0 Å². The largest absolute Gasteiger partial charge is 0.427 e. The Balaban J connectivity index is 1.51. The number of carbonyl (C=O) groups is 3. The van der Waals surface area contributed by atoms with Gasteiger partial charge < -0.3 is 4.74 Å². The zero-order valence-electron chi connectivity index (χ0n) is 17.6. The number of carbonyl (C=O) groups excluding carboxylic acids is 3. The summed E-state index contributed by atoms with van der Waals surface area (Å²) in [6.45, 7) is 1.29. The molecule has 0 radical (unpaired) electrons. The summed E-state index contributed by atoms with van der Waals surface area (Å²) in [5.74, 6) is -2.29. The van der Waals surface area contributed by atoms with E-state index in [9.17, 15) is 18.8 Å². The molecule has 2 fully saturated rings. The quantitative estimate of drug-likeness (QED) is 0.345. The van der Waals surface area contributed by atoms with Gasteiger partial charge in [0, 0.05) is 6.92 Å². The Morgan fingerprint density at radius 1 is 0.879 bits per heavy atom. The number of halogens is 1. The number of anilines is 2. The minimum atomic E-state index is -1.03. The van der Waals surface area contributed by atoms with Crippen molar-refractivity contribution in [2.24, 2.45) is 5.92 Å². The Kier molecular flexibility index (Phi) is 5.14. The molecule has 2 heterocycles. The number of hydrogen-bond acceptors (Lipinski definition) is 6. The van der Waals surface area contributed by atoms with Gasteiger partial charge in [0.1, 0.15) is 17.5 Å². The molecule has 166 valence electrons. The second-order valence-electron chi connectivity index (χ2n) is 7.81. The highest BCUT2D eigenvalue weighted by Crippen LogP contribution is 2.47. The molecule has 0 spiro atoms. The fraction of sp³-hybridized carbons (Fsp3) is 0.160. The number of fused-ring (bicyclic) bond motifs is 1. The highest BCUT2D eigenvalue weighted by atomic mass is 19.1. The van der Waals surface area contributed by atoms with Gasteiger partial charge in [-0.05, 0) is 54.1 Å². The second kappa shape index (κ2) is 8.14. The van der Waals surface area contributed by atoms with Crippen LogP contribution in [0.3, 0.4) is 0 Å². The summed E-state index contributed by atoms with van der Waals surface area (Å²) in [4.78, 5) is 45.1. The van der Waals surface area contributed by atoms with Crippen LogP contribution in [0.5, 0.6) is 5.75 Å². The first-order chi connectivity index (χ1) is 15.9. The lowest BCUT2D eigenvalue weighted by Gasteiger charge is -2.28. The SMILES string of the molecule is CC(=O)Oc1ccc(N2C(=O)[C@H]3[C@@H](c4ccc(F)cc4)N(c4ccccc4)O[C@H]3C2=O)cc1. The molecule has 2 aliphatic heterocycles. The zero-order chi connectivity index (χ0) is 23.1. The smallest absolute Gasteiger partial charge is 0.308 e. The third kappa shape index (κ3) is 3.64. The highest BCUT2D eigenvalue weighted by Gasteiger charge is 2.60. The highest BCUT2D eigenvalue weighted by molar-refractivity contribution is 6.23. The van der Waals surface area contributed by atoms with Gasteiger partial charge in [-0.1, -0.05) is 30.3 Å². The number of benzene rings is 3. The average Bonchev–Trinajstić information content (AvgIpc) is 3.31. The van der Waals surface area contributed by atoms with Crippen LogP contribution in [0.15, 0.2) is 78.9 Å². The molecular weight excluding hydrogens is 427 g/mol. The van der Waals surface area contributed by atoms with E-state index in [0.29, 0.717) is 22.7 Å². The van der Waals surface area contributed by atoms with E-state index in [-0.39, 0.29) is 0 Å². The molecule has 2 aliphatic rings. The van der Waals surface area contributed by atoms with Crippen molar-refractivity contribution in [2.45, 2.75) is 19.1 Å². The Bertz CT molecular complexity index is 1210. The maximum Gasteiger partial charge on any atom is 0.308 e. The van der Waals surface area contributed by atoms with E-state index in [2.05, 4.69) is 0 Å². The second-order valence-corrected chi connectivity index (χ2v) is 7.81. The van der Waals surface area contributed by atoms with E-state index >= 15 is 0 Å². The molecule has 0 N–H and O–H groups in total. The lowest BCUT2D eigenvalue weighted by atomic mass is 9.90. The average molecular weight is 446 g/mol.